The van der Waals surface area contributed by atoms with E-state index in [-0.39, 0.29) is 0 Å². The molecular weight excluding hydrogens is 248 g/mol. The minimum Gasteiger partial charge on any atom is -0.325 e. The molecule has 0 aliphatic carbocycles. The van der Waals surface area contributed by atoms with Gasteiger partial charge in [0.15, 0.2) is 5.82 Å². The standard InChI is InChI=1S/C16H22N4/c1-4-17-10-14-11-18-12-16(19-14)20(5-2)15-8-6-7-13(3)9-15/h6-9,11-12,17H,4-5,10H2,1-3H3. The number of nitrogens with zero attached hydrogens (tertiary/aromatic N) is 3. The average Bonchev–Trinajstić information content (AvgIpc) is 2.46. The van der Waals surface area contributed by atoms with Gasteiger partial charge < -0.3 is 10.2 Å². The number of hydrogen-bond acceptors (Lipinski definition) is 4. The van der Waals surface area contributed by atoms with Crippen molar-refractivity contribution in [3.8, 4) is 0 Å². The van der Waals surface area contributed by atoms with E-state index in [0.717, 1.165) is 36.8 Å². The largest absolute Gasteiger partial charge is 0.325 e. The van der Waals surface area contributed by atoms with Crippen LogP contribution in [0, 0.1) is 6.92 Å². The van der Waals surface area contributed by atoms with Crippen LogP contribution in [0.1, 0.15) is 25.1 Å². The summed E-state index contributed by atoms with van der Waals surface area (Å²) in [6.45, 7) is 8.86. The van der Waals surface area contributed by atoms with Gasteiger partial charge in [0.2, 0.25) is 0 Å². The number of aryl methyl sites for hydroxylation is 1. The molecule has 0 atom stereocenters. The van der Waals surface area contributed by atoms with Crippen LogP contribution in [0.25, 0.3) is 0 Å². The highest BCUT2D eigenvalue weighted by molar-refractivity contribution is 5.59. The first-order chi connectivity index (χ1) is 9.74. The third-order valence-electron chi connectivity index (χ3n) is 3.13. The van der Waals surface area contributed by atoms with E-state index < -0.39 is 0 Å². The third-order valence-corrected chi connectivity index (χ3v) is 3.13. The third kappa shape index (κ3) is 3.54. The summed E-state index contributed by atoms with van der Waals surface area (Å²) < 4.78 is 0. The number of hydrogen-bond donors (Lipinski definition) is 1. The Morgan fingerprint density at radius 1 is 1.20 bits per heavy atom. The van der Waals surface area contributed by atoms with E-state index in [2.05, 4.69) is 65.2 Å². The molecule has 0 aliphatic rings. The smallest absolute Gasteiger partial charge is 0.151 e. The Bertz CT molecular complexity index is 554. The molecule has 0 saturated heterocycles. The number of nitrogens with one attached hydrogen (secondary N) is 1. The summed E-state index contributed by atoms with van der Waals surface area (Å²) >= 11 is 0. The van der Waals surface area contributed by atoms with Crippen LogP contribution in [0.5, 0.6) is 0 Å². The van der Waals surface area contributed by atoms with Gasteiger partial charge in [-0.3, -0.25) is 4.98 Å². The van der Waals surface area contributed by atoms with E-state index in [9.17, 15) is 0 Å². The van der Waals surface area contributed by atoms with Crippen LogP contribution in [0.4, 0.5) is 11.5 Å². The summed E-state index contributed by atoms with van der Waals surface area (Å²) in [5.41, 5.74) is 3.37. The minimum atomic E-state index is 0.753. The maximum absolute atomic E-state index is 4.69. The fourth-order valence-electron chi connectivity index (χ4n) is 2.14. The van der Waals surface area contributed by atoms with Crippen molar-refractivity contribution < 1.29 is 0 Å². The summed E-state index contributed by atoms with van der Waals surface area (Å²) in [4.78, 5) is 11.2. The zero-order valence-electron chi connectivity index (χ0n) is 12.4. The molecule has 1 N–H and O–H groups in total. The molecule has 0 amide bonds. The van der Waals surface area contributed by atoms with Gasteiger partial charge in [-0.05, 0) is 38.1 Å². The van der Waals surface area contributed by atoms with Gasteiger partial charge in [-0.25, -0.2) is 4.98 Å². The molecule has 4 heteroatoms. The van der Waals surface area contributed by atoms with Gasteiger partial charge >= 0.3 is 0 Å². The number of anilines is 2. The van der Waals surface area contributed by atoms with Crippen LogP contribution in [-0.4, -0.2) is 23.1 Å². The van der Waals surface area contributed by atoms with Gasteiger partial charge in [-0.15, -0.1) is 0 Å². The summed E-state index contributed by atoms with van der Waals surface area (Å²) in [6.07, 6.45) is 3.64. The molecule has 1 aromatic carbocycles. The van der Waals surface area contributed by atoms with E-state index in [4.69, 9.17) is 0 Å². The van der Waals surface area contributed by atoms with Crippen molar-refractivity contribution in [2.24, 2.45) is 0 Å². The van der Waals surface area contributed by atoms with Gasteiger partial charge in [-0.2, -0.15) is 0 Å². The SMILES string of the molecule is CCNCc1cncc(N(CC)c2cccc(C)c2)n1. The van der Waals surface area contributed by atoms with Crippen molar-refractivity contribution in [2.45, 2.75) is 27.3 Å². The molecule has 2 aromatic rings. The predicted octanol–water partition coefficient (Wildman–Crippen LogP) is 3.05. The quantitative estimate of drug-likeness (QED) is 0.876. The zero-order valence-corrected chi connectivity index (χ0v) is 12.4. The Labute approximate surface area is 120 Å². The first-order valence-electron chi connectivity index (χ1n) is 7.10. The molecule has 1 aromatic heterocycles. The van der Waals surface area contributed by atoms with Gasteiger partial charge in [0, 0.05) is 25.0 Å². The minimum absolute atomic E-state index is 0.753. The van der Waals surface area contributed by atoms with E-state index in [0.29, 0.717) is 0 Å². The van der Waals surface area contributed by atoms with Crippen LogP contribution in [0.15, 0.2) is 36.7 Å². The van der Waals surface area contributed by atoms with E-state index in [1.807, 2.05) is 12.4 Å². The lowest BCUT2D eigenvalue weighted by Gasteiger charge is -2.22. The molecule has 0 saturated carbocycles. The summed E-state index contributed by atoms with van der Waals surface area (Å²) in [5.74, 6) is 0.897. The summed E-state index contributed by atoms with van der Waals surface area (Å²) in [6, 6.07) is 8.45. The normalized spacial score (nSPS) is 10.6. The molecular formula is C16H22N4. The molecule has 20 heavy (non-hydrogen) atoms. The maximum atomic E-state index is 4.69. The lowest BCUT2D eigenvalue weighted by Crippen LogP contribution is -2.19. The Kier molecular flexibility index (Phi) is 5.07. The highest BCUT2D eigenvalue weighted by atomic mass is 15.2. The van der Waals surface area contributed by atoms with Crippen LogP contribution in [0.2, 0.25) is 0 Å². The Balaban J connectivity index is 2.27. The van der Waals surface area contributed by atoms with Crippen LogP contribution >= 0.6 is 0 Å². The monoisotopic (exact) mass is 270 g/mol. The van der Waals surface area contributed by atoms with Crippen LogP contribution in [-0.2, 0) is 6.54 Å². The Morgan fingerprint density at radius 2 is 2.05 bits per heavy atom. The van der Waals surface area contributed by atoms with E-state index in [1.54, 1.807) is 0 Å². The molecule has 0 spiro atoms. The number of aromatic nitrogens is 2. The second-order valence-corrected chi connectivity index (χ2v) is 4.73. The second kappa shape index (κ2) is 7.01. The van der Waals surface area contributed by atoms with Crippen LogP contribution < -0.4 is 10.2 Å². The fourth-order valence-corrected chi connectivity index (χ4v) is 2.14. The van der Waals surface area contributed by atoms with Crippen molar-refractivity contribution in [2.75, 3.05) is 18.0 Å². The molecule has 4 nitrogen and oxygen atoms in total. The fraction of sp³-hybridized carbons (Fsp3) is 0.375. The van der Waals surface area contributed by atoms with Gasteiger partial charge in [-0.1, -0.05) is 19.1 Å². The first kappa shape index (κ1) is 14.5. The Morgan fingerprint density at radius 3 is 2.75 bits per heavy atom. The van der Waals surface area contributed by atoms with Crippen molar-refractivity contribution >= 4 is 11.5 Å². The molecule has 1 heterocycles. The second-order valence-electron chi connectivity index (χ2n) is 4.73. The number of benzene rings is 1. The molecule has 0 unspecified atom stereocenters. The predicted molar refractivity (Wildman–Crippen MR) is 83.3 cm³/mol. The molecule has 0 fully saturated rings. The van der Waals surface area contributed by atoms with Gasteiger partial charge in [0.25, 0.3) is 0 Å². The maximum Gasteiger partial charge on any atom is 0.151 e. The molecule has 0 bridgehead atoms. The lowest BCUT2D eigenvalue weighted by molar-refractivity contribution is 0.706. The number of rotatable bonds is 6. The van der Waals surface area contributed by atoms with Crippen molar-refractivity contribution in [3.05, 3.63) is 47.9 Å². The lowest BCUT2D eigenvalue weighted by atomic mass is 10.2. The topological polar surface area (TPSA) is 41.1 Å². The highest BCUT2D eigenvalue weighted by Crippen LogP contribution is 2.23. The molecule has 0 aliphatic heterocycles. The summed E-state index contributed by atoms with van der Waals surface area (Å²) in [5, 5.41) is 3.28. The van der Waals surface area contributed by atoms with E-state index >= 15 is 0 Å². The Hall–Kier alpha value is -1.94. The first-order valence-corrected chi connectivity index (χ1v) is 7.10. The average molecular weight is 270 g/mol. The van der Waals surface area contributed by atoms with E-state index in [1.165, 1.54) is 5.56 Å². The van der Waals surface area contributed by atoms with Gasteiger partial charge in [0.1, 0.15) is 0 Å². The summed E-state index contributed by atoms with van der Waals surface area (Å²) in [7, 11) is 0. The van der Waals surface area contributed by atoms with Gasteiger partial charge in [0.05, 0.1) is 11.9 Å². The van der Waals surface area contributed by atoms with Crippen molar-refractivity contribution in [1.29, 1.82) is 0 Å². The molecule has 2 rings (SSSR count). The van der Waals surface area contributed by atoms with Crippen molar-refractivity contribution in [3.63, 3.8) is 0 Å². The van der Waals surface area contributed by atoms with Crippen LogP contribution in [0.3, 0.4) is 0 Å². The molecule has 106 valence electrons. The zero-order chi connectivity index (χ0) is 14.4. The highest BCUT2D eigenvalue weighted by Gasteiger charge is 2.09. The molecule has 0 radical (unpaired) electrons. The van der Waals surface area contributed by atoms with Crippen molar-refractivity contribution in [1.82, 2.24) is 15.3 Å².